The van der Waals surface area contributed by atoms with Crippen molar-refractivity contribution >= 4 is 34.2 Å². The minimum absolute atomic E-state index is 0.0175. The van der Waals surface area contributed by atoms with Crippen LogP contribution in [0, 0.1) is 11.7 Å². The largest absolute Gasteiger partial charge is 0.480 e. The number of aromatic nitrogens is 2. The number of benzene rings is 1. The van der Waals surface area contributed by atoms with Crippen LogP contribution < -0.4 is 20.9 Å². The quantitative estimate of drug-likeness (QED) is 0.451. The summed E-state index contributed by atoms with van der Waals surface area (Å²) < 4.78 is 20.6. The number of hydrogen-bond acceptors (Lipinski definition) is 7. The molecule has 3 N–H and O–H groups in total. The summed E-state index contributed by atoms with van der Waals surface area (Å²) in [7, 11) is 0. The average molecular weight is 502 g/mol. The van der Waals surface area contributed by atoms with Crippen molar-refractivity contribution < 1.29 is 19.0 Å². The number of fused-ring (bicyclic) bond motifs is 2. The average Bonchev–Trinajstić information content (AvgIpc) is 3.18. The van der Waals surface area contributed by atoms with Gasteiger partial charge in [0.05, 0.1) is 22.3 Å². The van der Waals surface area contributed by atoms with Crippen molar-refractivity contribution in [2.45, 2.75) is 19.2 Å². The number of β-amino-alcohol motifs (C(OH)–C–C–N with tert-alkyl or cyclic N) is 1. The Morgan fingerprint density at radius 1 is 1.20 bits per heavy atom. The lowest BCUT2D eigenvalue weighted by Crippen LogP contribution is -2.31. The van der Waals surface area contributed by atoms with Gasteiger partial charge in [0.25, 0.3) is 11.5 Å². The molecule has 11 heteroatoms. The summed E-state index contributed by atoms with van der Waals surface area (Å²) in [5.41, 5.74) is 0.951. The first-order valence-electron chi connectivity index (χ1n) is 11.4. The van der Waals surface area contributed by atoms with Crippen LogP contribution in [0.5, 0.6) is 5.75 Å². The molecular weight excluding hydrogens is 477 g/mol. The van der Waals surface area contributed by atoms with Crippen molar-refractivity contribution in [2.75, 3.05) is 38.1 Å². The number of anilines is 1. The number of ether oxygens (including phenoxy) is 1. The lowest BCUT2D eigenvalue weighted by molar-refractivity contribution is -0.118. The summed E-state index contributed by atoms with van der Waals surface area (Å²) in [4.78, 5) is 30.4. The van der Waals surface area contributed by atoms with Crippen LogP contribution in [0.3, 0.4) is 0 Å². The van der Waals surface area contributed by atoms with Gasteiger partial charge in [-0.2, -0.15) is 0 Å². The summed E-state index contributed by atoms with van der Waals surface area (Å²) in [5.74, 6) is 0.113. The Labute approximate surface area is 205 Å². The predicted molar refractivity (Wildman–Crippen MR) is 129 cm³/mol. The maximum Gasteiger partial charge on any atom is 0.263 e. The molecule has 3 aromatic rings. The molecular formula is C24H25ClFN5O4. The smallest absolute Gasteiger partial charge is 0.263 e. The Morgan fingerprint density at radius 2 is 2.03 bits per heavy atom. The van der Waals surface area contributed by atoms with Crippen molar-refractivity contribution in [3.8, 4) is 5.75 Å². The Kier molecular flexibility index (Phi) is 6.70. The fraction of sp³-hybridized carbons (Fsp3) is 0.375. The first-order valence-corrected chi connectivity index (χ1v) is 11.8. The molecule has 1 aromatic carbocycles. The van der Waals surface area contributed by atoms with Crippen LogP contribution in [0.25, 0.3) is 10.9 Å². The van der Waals surface area contributed by atoms with Gasteiger partial charge in [-0.25, -0.2) is 9.37 Å². The van der Waals surface area contributed by atoms with E-state index in [0.717, 1.165) is 5.39 Å². The van der Waals surface area contributed by atoms with Gasteiger partial charge >= 0.3 is 0 Å². The van der Waals surface area contributed by atoms with Crippen LogP contribution >= 0.6 is 11.6 Å². The molecule has 2 atom stereocenters. The van der Waals surface area contributed by atoms with E-state index in [1.54, 1.807) is 22.8 Å². The number of carbonyl (C=O) groups excluding carboxylic acids is 1. The third-order valence-electron chi connectivity index (χ3n) is 6.41. The molecule has 2 aliphatic heterocycles. The highest BCUT2D eigenvalue weighted by Crippen LogP contribution is 2.30. The number of likely N-dealkylation sites (tertiary alicyclic amines) is 1. The highest BCUT2D eigenvalue weighted by molar-refractivity contribution is 6.31. The number of rotatable bonds is 7. The summed E-state index contributed by atoms with van der Waals surface area (Å²) in [6.45, 7) is 2.93. The predicted octanol–water partition coefficient (Wildman–Crippen LogP) is 1.60. The van der Waals surface area contributed by atoms with E-state index in [9.17, 15) is 19.1 Å². The van der Waals surface area contributed by atoms with Gasteiger partial charge in [0.1, 0.15) is 5.82 Å². The highest BCUT2D eigenvalue weighted by Gasteiger charge is 2.31. The van der Waals surface area contributed by atoms with E-state index in [0.29, 0.717) is 67.1 Å². The van der Waals surface area contributed by atoms with Crippen molar-refractivity contribution in [3.05, 3.63) is 63.3 Å². The summed E-state index contributed by atoms with van der Waals surface area (Å²) in [6.07, 6.45) is -0.524. The number of aliphatic hydroxyl groups is 1. The van der Waals surface area contributed by atoms with Gasteiger partial charge in [-0.15, -0.1) is 0 Å². The third-order valence-corrected chi connectivity index (χ3v) is 6.73. The molecule has 0 unspecified atom stereocenters. The van der Waals surface area contributed by atoms with Crippen molar-refractivity contribution in [3.63, 3.8) is 0 Å². The molecule has 1 amide bonds. The Bertz CT molecular complexity index is 1330. The minimum atomic E-state index is -0.524. The molecule has 1 saturated heterocycles. The van der Waals surface area contributed by atoms with Crippen molar-refractivity contribution in [1.82, 2.24) is 19.8 Å². The molecule has 0 saturated carbocycles. The highest BCUT2D eigenvalue weighted by atomic mass is 35.5. The number of halogens is 2. The molecule has 9 nitrogen and oxygen atoms in total. The maximum atomic E-state index is 13.8. The molecule has 2 aromatic heterocycles. The fourth-order valence-corrected chi connectivity index (χ4v) is 4.79. The third kappa shape index (κ3) is 5.15. The van der Waals surface area contributed by atoms with Gasteiger partial charge in [-0.1, -0.05) is 11.6 Å². The summed E-state index contributed by atoms with van der Waals surface area (Å²) in [5, 5.41) is 17.7. The van der Waals surface area contributed by atoms with E-state index in [2.05, 4.69) is 20.5 Å². The van der Waals surface area contributed by atoms with Gasteiger partial charge in [-0.3, -0.25) is 14.5 Å². The first kappa shape index (κ1) is 23.7. The molecule has 35 heavy (non-hydrogen) atoms. The second-order valence-corrected chi connectivity index (χ2v) is 9.25. The SMILES string of the molecule is O=C1COc2cc(Cl)c(CNC[C@H]3CN(CCn4c(=O)ccc5ccc(F)cc54)C[C@H]3O)nc2N1. The molecule has 5 rings (SSSR count). The van der Waals surface area contributed by atoms with Crippen molar-refractivity contribution in [1.29, 1.82) is 0 Å². The van der Waals surface area contributed by atoms with Crippen LogP contribution in [-0.2, 0) is 17.9 Å². The normalized spacial score (nSPS) is 20.0. The molecule has 0 spiro atoms. The first-order chi connectivity index (χ1) is 16.9. The van der Waals surface area contributed by atoms with E-state index in [-0.39, 0.29) is 29.8 Å². The Hall–Kier alpha value is -3.05. The number of amides is 1. The molecule has 0 aliphatic carbocycles. The number of aliphatic hydroxyl groups excluding tert-OH is 1. The lowest BCUT2D eigenvalue weighted by Gasteiger charge is -2.19. The van der Waals surface area contributed by atoms with Crippen LogP contribution in [0.2, 0.25) is 5.02 Å². The van der Waals surface area contributed by atoms with Gasteiger partial charge in [-0.05, 0) is 29.7 Å². The number of pyridine rings is 2. The van der Waals surface area contributed by atoms with Gasteiger partial charge in [0.2, 0.25) is 0 Å². The molecule has 4 heterocycles. The van der Waals surface area contributed by atoms with E-state index in [4.69, 9.17) is 16.3 Å². The standard InChI is InChI=1S/C24H25ClFN5O4/c25-17-8-21-24(29-22(33)13-35-21)28-18(17)10-27-9-15-11-30(12-20(15)32)5-6-31-19-7-16(26)3-1-14(19)2-4-23(31)34/h1-4,7-8,15,20,27,32H,5-6,9-13H2,(H,28,29,33)/t15-,20+/m0/s1. The summed E-state index contributed by atoms with van der Waals surface area (Å²) in [6, 6.07) is 9.23. The number of carbonyl (C=O) groups is 1. The lowest BCUT2D eigenvalue weighted by atomic mass is 10.1. The second kappa shape index (κ2) is 9.90. The molecule has 184 valence electrons. The molecule has 0 radical (unpaired) electrons. The molecule has 0 bridgehead atoms. The fourth-order valence-electron chi connectivity index (χ4n) is 4.58. The zero-order valence-corrected chi connectivity index (χ0v) is 19.6. The zero-order valence-electron chi connectivity index (χ0n) is 18.8. The zero-order chi connectivity index (χ0) is 24.5. The topological polar surface area (TPSA) is 109 Å². The van der Waals surface area contributed by atoms with Crippen LogP contribution in [0.1, 0.15) is 5.69 Å². The van der Waals surface area contributed by atoms with Gasteiger partial charge < -0.3 is 25.0 Å². The van der Waals surface area contributed by atoms with E-state index < -0.39 is 6.10 Å². The molecule has 2 aliphatic rings. The van der Waals surface area contributed by atoms with E-state index >= 15 is 0 Å². The van der Waals surface area contributed by atoms with Crippen molar-refractivity contribution in [2.24, 2.45) is 5.92 Å². The maximum absolute atomic E-state index is 13.8. The number of nitrogens with one attached hydrogen (secondary N) is 2. The van der Waals surface area contributed by atoms with E-state index in [1.807, 2.05) is 0 Å². The number of nitrogens with zero attached hydrogens (tertiary/aromatic N) is 3. The van der Waals surface area contributed by atoms with Gasteiger partial charge in [0.15, 0.2) is 18.2 Å². The number of hydrogen-bond donors (Lipinski definition) is 3. The van der Waals surface area contributed by atoms with Gasteiger partial charge in [0, 0.05) is 57.3 Å². The minimum Gasteiger partial charge on any atom is -0.480 e. The molecule has 1 fully saturated rings. The van der Waals surface area contributed by atoms with Crippen LogP contribution in [0.15, 0.2) is 41.2 Å². The summed E-state index contributed by atoms with van der Waals surface area (Å²) >= 11 is 6.30. The second-order valence-electron chi connectivity index (χ2n) is 8.84. The van der Waals surface area contributed by atoms with Crippen LogP contribution in [-0.4, -0.2) is 64.4 Å². The van der Waals surface area contributed by atoms with E-state index in [1.165, 1.54) is 18.2 Å². The Balaban J connectivity index is 1.17. The Morgan fingerprint density at radius 3 is 2.89 bits per heavy atom. The monoisotopic (exact) mass is 501 g/mol. The van der Waals surface area contributed by atoms with Crippen LogP contribution in [0.4, 0.5) is 10.2 Å².